The normalized spacial score (nSPS) is 19.4. The molecule has 2 aromatic heterocycles. The number of hydrogen-bond acceptors (Lipinski definition) is 8. The molecule has 0 amide bonds. The van der Waals surface area contributed by atoms with Gasteiger partial charge in [0, 0.05) is 24.9 Å². The van der Waals surface area contributed by atoms with Gasteiger partial charge in [0.2, 0.25) is 21.9 Å². The van der Waals surface area contributed by atoms with E-state index in [9.17, 15) is 21.6 Å². The third kappa shape index (κ3) is 5.10. The fourth-order valence-corrected chi connectivity index (χ4v) is 4.40. The highest BCUT2D eigenvalue weighted by atomic mass is 32.2. The Morgan fingerprint density at radius 3 is 2.72 bits per heavy atom. The summed E-state index contributed by atoms with van der Waals surface area (Å²) < 4.78 is 77.1. The van der Waals surface area contributed by atoms with Crippen molar-refractivity contribution in [1.29, 1.82) is 0 Å². The number of anilines is 2. The number of aromatic nitrogens is 3. The fraction of sp³-hybridized carbons (Fsp3) is 0.421. The number of halogens is 3. The van der Waals surface area contributed by atoms with Gasteiger partial charge in [0.25, 0.3) is 0 Å². The van der Waals surface area contributed by atoms with Crippen molar-refractivity contribution < 1.29 is 30.7 Å². The summed E-state index contributed by atoms with van der Waals surface area (Å²) in [5.41, 5.74) is 0.471. The Morgan fingerprint density at radius 1 is 1.22 bits per heavy atom. The van der Waals surface area contributed by atoms with Gasteiger partial charge in [-0.25, -0.2) is 23.1 Å². The average Bonchev–Trinajstić information content (AvgIpc) is 3.24. The highest BCUT2D eigenvalue weighted by Crippen LogP contribution is 2.37. The molecule has 4 rings (SSSR count). The number of sulfonamides is 1. The molecule has 32 heavy (non-hydrogen) atoms. The largest absolute Gasteiger partial charge is 0.472 e. The van der Waals surface area contributed by atoms with E-state index in [1.807, 2.05) is 0 Å². The van der Waals surface area contributed by atoms with Crippen LogP contribution in [0.4, 0.5) is 24.8 Å². The molecule has 3 aromatic rings. The van der Waals surface area contributed by atoms with Crippen LogP contribution in [0, 0.1) is 6.92 Å². The minimum atomic E-state index is -4.75. The number of nitrogens with one attached hydrogen (secondary N) is 2. The SMILES string of the molecule is Cc1nc2ccc(Nc3ncc(C(F)(F)F)c(O[C@@H]4CCC[C@H]4NS(C)(=O)=O)n3)cc2o1. The van der Waals surface area contributed by atoms with Crippen LogP contribution in [0.25, 0.3) is 11.1 Å². The first-order valence-corrected chi connectivity index (χ1v) is 11.6. The van der Waals surface area contributed by atoms with Gasteiger partial charge in [-0.2, -0.15) is 18.2 Å². The first-order chi connectivity index (χ1) is 15.0. The number of alkyl halides is 3. The zero-order valence-corrected chi connectivity index (χ0v) is 17.9. The number of hydrogen-bond donors (Lipinski definition) is 2. The molecule has 1 aliphatic carbocycles. The van der Waals surface area contributed by atoms with Crippen molar-refractivity contribution in [2.24, 2.45) is 0 Å². The molecule has 0 aliphatic heterocycles. The number of ether oxygens (including phenoxy) is 1. The summed E-state index contributed by atoms with van der Waals surface area (Å²) in [5.74, 6) is -0.305. The number of nitrogens with zero attached hydrogens (tertiary/aromatic N) is 3. The van der Waals surface area contributed by atoms with Gasteiger partial charge in [-0.15, -0.1) is 0 Å². The van der Waals surface area contributed by atoms with Crippen molar-refractivity contribution in [1.82, 2.24) is 19.7 Å². The lowest BCUT2D eigenvalue weighted by Gasteiger charge is -2.23. The van der Waals surface area contributed by atoms with Crippen LogP contribution < -0.4 is 14.8 Å². The van der Waals surface area contributed by atoms with E-state index in [0.717, 1.165) is 6.26 Å². The maximum absolute atomic E-state index is 13.5. The summed E-state index contributed by atoms with van der Waals surface area (Å²) in [7, 11) is -3.55. The van der Waals surface area contributed by atoms with E-state index < -0.39 is 39.8 Å². The van der Waals surface area contributed by atoms with E-state index in [0.29, 0.717) is 48.1 Å². The van der Waals surface area contributed by atoms with Crippen molar-refractivity contribution in [2.75, 3.05) is 11.6 Å². The van der Waals surface area contributed by atoms with E-state index in [1.165, 1.54) is 0 Å². The first-order valence-electron chi connectivity index (χ1n) is 9.70. The number of benzene rings is 1. The Morgan fingerprint density at radius 2 is 2.00 bits per heavy atom. The van der Waals surface area contributed by atoms with E-state index in [2.05, 4.69) is 25.0 Å². The minimum Gasteiger partial charge on any atom is -0.472 e. The van der Waals surface area contributed by atoms with E-state index in [1.54, 1.807) is 25.1 Å². The van der Waals surface area contributed by atoms with Crippen LogP contribution in [0.5, 0.6) is 5.88 Å². The molecule has 2 N–H and O–H groups in total. The standard InChI is InChI=1S/C19H20F3N5O4S/c1-10-24-13-7-6-11(8-16(13)30-10)25-18-23-9-12(19(20,21)22)17(26-18)31-15-5-3-4-14(15)27-32(2,28)29/h6-9,14-15,27H,3-5H2,1-2H3,(H,23,25,26)/t14-,15-/m1/s1. The minimum absolute atomic E-state index is 0.116. The molecular formula is C19H20F3N5O4S. The molecule has 0 bridgehead atoms. The van der Waals surface area contributed by atoms with Gasteiger partial charge in [-0.05, 0) is 31.4 Å². The second-order valence-corrected chi connectivity index (χ2v) is 9.31. The molecule has 0 spiro atoms. The second-order valence-electron chi connectivity index (χ2n) is 7.53. The third-order valence-electron chi connectivity index (χ3n) is 4.89. The van der Waals surface area contributed by atoms with Crippen LogP contribution in [0.2, 0.25) is 0 Å². The molecule has 172 valence electrons. The average molecular weight is 471 g/mol. The van der Waals surface area contributed by atoms with Crippen LogP contribution in [-0.4, -0.2) is 41.8 Å². The quantitative estimate of drug-likeness (QED) is 0.560. The van der Waals surface area contributed by atoms with Crippen molar-refractivity contribution in [3.63, 3.8) is 0 Å². The van der Waals surface area contributed by atoms with Gasteiger partial charge in [-0.3, -0.25) is 0 Å². The van der Waals surface area contributed by atoms with E-state index >= 15 is 0 Å². The lowest BCUT2D eigenvalue weighted by atomic mass is 10.2. The van der Waals surface area contributed by atoms with Gasteiger partial charge < -0.3 is 14.5 Å². The monoisotopic (exact) mass is 471 g/mol. The summed E-state index contributed by atoms with van der Waals surface area (Å²) >= 11 is 0. The lowest BCUT2D eigenvalue weighted by molar-refractivity contribution is -0.140. The molecule has 13 heteroatoms. The third-order valence-corrected chi connectivity index (χ3v) is 5.62. The summed E-state index contributed by atoms with van der Waals surface area (Å²) in [6.45, 7) is 1.70. The lowest BCUT2D eigenvalue weighted by Crippen LogP contribution is -2.42. The molecule has 2 atom stereocenters. The topological polar surface area (TPSA) is 119 Å². The molecule has 1 saturated carbocycles. The number of fused-ring (bicyclic) bond motifs is 1. The molecule has 9 nitrogen and oxygen atoms in total. The van der Waals surface area contributed by atoms with Crippen LogP contribution in [0.15, 0.2) is 28.8 Å². The van der Waals surface area contributed by atoms with Gasteiger partial charge in [0.1, 0.15) is 17.2 Å². The van der Waals surface area contributed by atoms with Gasteiger partial charge in [-0.1, -0.05) is 0 Å². The molecule has 0 saturated heterocycles. The molecule has 1 aliphatic rings. The highest BCUT2D eigenvalue weighted by Gasteiger charge is 2.39. The molecule has 1 fully saturated rings. The maximum atomic E-state index is 13.5. The van der Waals surface area contributed by atoms with Crippen LogP contribution in [0.1, 0.15) is 30.7 Å². The van der Waals surface area contributed by atoms with Crippen LogP contribution >= 0.6 is 0 Å². The summed E-state index contributed by atoms with van der Waals surface area (Å²) in [6, 6.07) is 4.33. The first kappa shape index (κ1) is 22.3. The Bertz CT molecular complexity index is 1250. The van der Waals surface area contributed by atoms with Crippen LogP contribution in [-0.2, 0) is 16.2 Å². The number of rotatable bonds is 6. The molecule has 0 unspecified atom stereocenters. The second kappa shape index (κ2) is 8.20. The maximum Gasteiger partial charge on any atom is 0.423 e. The van der Waals surface area contributed by atoms with Crippen molar-refractivity contribution in [2.45, 2.75) is 44.5 Å². The zero-order chi connectivity index (χ0) is 23.1. The Hall–Kier alpha value is -2.93. The van der Waals surface area contributed by atoms with Crippen LogP contribution in [0.3, 0.4) is 0 Å². The van der Waals surface area contributed by atoms with Crippen molar-refractivity contribution >= 4 is 32.8 Å². The predicted octanol–water partition coefficient (Wildman–Crippen LogP) is 3.54. The highest BCUT2D eigenvalue weighted by molar-refractivity contribution is 7.88. The fourth-order valence-electron chi connectivity index (χ4n) is 3.58. The molecule has 1 aromatic carbocycles. The van der Waals surface area contributed by atoms with Crippen molar-refractivity contribution in [3.05, 3.63) is 35.9 Å². The van der Waals surface area contributed by atoms with E-state index in [4.69, 9.17) is 9.15 Å². The van der Waals surface area contributed by atoms with Crippen molar-refractivity contribution in [3.8, 4) is 5.88 Å². The summed E-state index contributed by atoms with van der Waals surface area (Å²) in [6.07, 6.45) is -2.47. The zero-order valence-electron chi connectivity index (χ0n) is 17.1. The van der Waals surface area contributed by atoms with Gasteiger partial charge in [0.15, 0.2) is 11.5 Å². The Balaban J connectivity index is 1.61. The van der Waals surface area contributed by atoms with E-state index in [-0.39, 0.29) is 5.95 Å². The number of oxazole rings is 1. The molecule has 2 heterocycles. The van der Waals surface area contributed by atoms with Gasteiger partial charge in [0.05, 0.1) is 12.3 Å². The Labute approximate surface area is 181 Å². The smallest absolute Gasteiger partial charge is 0.423 e. The number of aryl methyl sites for hydroxylation is 1. The molecular weight excluding hydrogens is 451 g/mol. The Kier molecular flexibility index (Phi) is 5.71. The summed E-state index contributed by atoms with van der Waals surface area (Å²) in [4.78, 5) is 11.9. The molecule has 0 radical (unpaired) electrons. The summed E-state index contributed by atoms with van der Waals surface area (Å²) in [5, 5.41) is 2.83. The van der Waals surface area contributed by atoms with Gasteiger partial charge >= 0.3 is 6.18 Å². The predicted molar refractivity (Wildman–Crippen MR) is 109 cm³/mol.